The van der Waals surface area contributed by atoms with Gasteiger partial charge in [-0.25, -0.2) is 0 Å². The van der Waals surface area contributed by atoms with E-state index in [0.29, 0.717) is 42.6 Å². The van der Waals surface area contributed by atoms with Crippen LogP contribution in [0.5, 0.6) is 0 Å². The van der Waals surface area contributed by atoms with E-state index in [2.05, 4.69) is 15.3 Å². The van der Waals surface area contributed by atoms with Crippen molar-refractivity contribution < 1.29 is 9.59 Å². The van der Waals surface area contributed by atoms with Crippen LogP contribution in [0, 0.1) is 0 Å². The average Bonchev–Trinajstić information content (AvgIpc) is 3.04. The molecule has 8 heteroatoms. The van der Waals surface area contributed by atoms with Crippen LogP contribution in [0.3, 0.4) is 0 Å². The quantitative estimate of drug-likeness (QED) is 0.645. The first-order valence-corrected chi connectivity index (χ1v) is 11.6. The Morgan fingerprint density at radius 2 is 1.59 bits per heavy atom. The van der Waals surface area contributed by atoms with E-state index in [-0.39, 0.29) is 28.6 Å². The SMILES string of the molecule is CC(C)(C)NC(=O)CN1CCCN(C(=O)c2nn(-c3ccccc3)c(=O)c3ccccc23)CC1. The molecule has 2 amide bonds. The predicted molar refractivity (Wildman–Crippen MR) is 132 cm³/mol. The summed E-state index contributed by atoms with van der Waals surface area (Å²) in [5.41, 5.74) is 0.335. The highest BCUT2D eigenvalue weighted by atomic mass is 16.2. The summed E-state index contributed by atoms with van der Waals surface area (Å²) in [6.45, 7) is 8.57. The van der Waals surface area contributed by atoms with E-state index in [1.165, 1.54) is 4.68 Å². The first kappa shape index (κ1) is 23.6. The van der Waals surface area contributed by atoms with Crippen molar-refractivity contribution in [1.29, 1.82) is 0 Å². The number of aromatic nitrogens is 2. The number of carbonyl (C=O) groups is 2. The molecule has 0 atom stereocenters. The normalized spacial score (nSPS) is 15.2. The fraction of sp³-hybridized carbons (Fsp3) is 0.385. The molecule has 2 heterocycles. The molecule has 4 rings (SSSR count). The number of hydrogen-bond acceptors (Lipinski definition) is 5. The van der Waals surface area contributed by atoms with Gasteiger partial charge >= 0.3 is 0 Å². The molecule has 0 aliphatic carbocycles. The summed E-state index contributed by atoms with van der Waals surface area (Å²) in [7, 11) is 0. The molecule has 1 aliphatic heterocycles. The lowest BCUT2D eigenvalue weighted by Crippen LogP contribution is -2.46. The van der Waals surface area contributed by atoms with E-state index in [0.717, 1.165) is 13.0 Å². The zero-order valence-electron chi connectivity index (χ0n) is 20.0. The van der Waals surface area contributed by atoms with E-state index in [9.17, 15) is 14.4 Å². The third kappa shape index (κ3) is 5.34. The number of para-hydroxylation sites is 1. The maximum absolute atomic E-state index is 13.6. The topological polar surface area (TPSA) is 87.5 Å². The van der Waals surface area contributed by atoms with Crippen molar-refractivity contribution in [2.45, 2.75) is 32.7 Å². The second-order valence-corrected chi connectivity index (χ2v) is 9.67. The first-order valence-electron chi connectivity index (χ1n) is 11.6. The first-order chi connectivity index (χ1) is 16.2. The second-order valence-electron chi connectivity index (χ2n) is 9.67. The zero-order chi connectivity index (χ0) is 24.3. The van der Waals surface area contributed by atoms with E-state index < -0.39 is 0 Å². The lowest BCUT2D eigenvalue weighted by molar-refractivity contribution is -0.123. The maximum atomic E-state index is 13.6. The summed E-state index contributed by atoms with van der Waals surface area (Å²) in [5, 5.41) is 8.52. The second kappa shape index (κ2) is 9.77. The van der Waals surface area contributed by atoms with E-state index in [4.69, 9.17) is 0 Å². The lowest BCUT2D eigenvalue weighted by atomic mass is 10.1. The molecule has 0 radical (unpaired) electrons. The number of rotatable bonds is 4. The molecule has 3 aromatic rings. The van der Waals surface area contributed by atoms with Gasteiger partial charge in [-0.3, -0.25) is 19.3 Å². The molecule has 1 aliphatic rings. The Balaban J connectivity index is 1.59. The smallest absolute Gasteiger partial charge is 0.279 e. The largest absolute Gasteiger partial charge is 0.350 e. The molecule has 178 valence electrons. The Kier molecular flexibility index (Phi) is 6.79. The van der Waals surface area contributed by atoms with Crippen molar-refractivity contribution >= 4 is 22.6 Å². The molecule has 0 spiro atoms. The highest BCUT2D eigenvalue weighted by molar-refractivity contribution is 6.04. The van der Waals surface area contributed by atoms with Crippen LogP contribution < -0.4 is 10.9 Å². The van der Waals surface area contributed by atoms with Crippen LogP contribution in [0.15, 0.2) is 59.4 Å². The number of carbonyl (C=O) groups excluding carboxylic acids is 2. The molecule has 0 bridgehead atoms. The fourth-order valence-electron chi connectivity index (χ4n) is 4.23. The number of fused-ring (bicyclic) bond motifs is 1. The van der Waals surface area contributed by atoms with Gasteiger partial charge in [-0.05, 0) is 45.4 Å². The molecule has 1 fully saturated rings. The van der Waals surface area contributed by atoms with Gasteiger partial charge in [-0.2, -0.15) is 9.78 Å². The lowest BCUT2D eigenvalue weighted by Gasteiger charge is -2.25. The van der Waals surface area contributed by atoms with Gasteiger partial charge in [0.25, 0.3) is 11.5 Å². The van der Waals surface area contributed by atoms with Gasteiger partial charge in [0.15, 0.2) is 5.69 Å². The van der Waals surface area contributed by atoms with Crippen LogP contribution in [0.4, 0.5) is 0 Å². The molecule has 8 nitrogen and oxygen atoms in total. The standard InChI is InChI=1S/C26H31N5O3/c1-26(2,3)27-22(32)18-29-14-9-15-30(17-16-29)25(34)23-20-12-7-8-13-21(20)24(33)31(28-23)19-10-5-4-6-11-19/h4-8,10-13H,9,14-18H2,1-3H3,(H,27,32). The minimum absolute atomic E-state index is 0.0186. The zero-order valence-corrected chi connectivity index (χ0v) is 20.0. The van der Waals surface area contributed by atoms with Crippen molar-refractivity contribution in [3.8, 4) is 5.69 Å². The van der Waals surface area contributed by atoms with Crippen LogP contribution in [0.1, 0.15) is 37.7 Å². The van der Waals surface area contributed by atoms with Crippen molar-refractivity contribution in [3.63, 3.8) is 0 Å². The molecular formula is C26H31N5O3. The Labute approximate surface area is 199 Å². The van der Waals surface area contributed by atoms with Gasteiger partial charge in [0.2, 0.25) is 5.91 Å². The Morgan fingerprint density at radius 1 is 0.912 bits per heavy atom. The Morgan fingerprint density at radius 3 is 2.29 bits per heavy atom. The summed E-state index contributed by atoms with van der Waals surface area (Å²) in [6, 6.07) is 16.2. The molecule has 1 N–H and O–H groups in total. The molecule has 0 saturated carbocycles. The molecule has 1 saturated heterocycles. The molecule has 2 aromatic carbocycles. The summed E-state index contributed by atoms with van der Waals surface area (Å²) in [6.07, 6.45) is 0.755. The van der Waals surface area contributed by atoms with Crippen molar-refractivity contribution in [2.24, 2.45) is 0 Å². The van der Waals surface area contributed by atoms with Gasteiger partial charge in [0.05, 0.1) is 17.6 Å². The predicted octanol–water partition coefficient (Wildman–Crippen LogP) is 2.45. The molecular weight excluding hydrogens is 430 g/mol. The fourth-order valence-corrected chi connectivity index (χ4v) is 4.23. The molecule has 34 heavy (non-hydrogen) atoms. The minimum Gasteiger partial charge on any atom is -0.350 e. The third-order valence-corrected chi connectivity index (χ3v) is 5.77. The van der Waals surface area contributed by atoms with E-state index >= 15 is 0 Å². The van der Waals surface area contributed by atoms with Crippen molar-refractivity contribution in [1.82, 2.24) is 24.9 Å². The third-order valence-electron chi connectivity index (χ3n) is 5.77. The van der Waals surface area contributed by atoms with Gasteiger partial charge in [-0.1, -0.05) is 36.4 Å². The van der Waals surface area contributed by atoms with Gasteiger partial charge in [-0.15, -0.1) is 0 Å². The summed E-state index contributed by atoms with van der Waals surface area (Å²) in [5.74, 6) is -0.225. The van der Waals surface area contributed by atoms with Gasteiger partial charge in [0, 0.05) is 37.1 Å². The number of nitrogens with zero attached hydrogens (tertiary/aromatic N) is 4. The van der Waals surface area contributed by atoms with Gasteiger partial charge < -0.3 is 10.2 Å². The van der Waals surface area contributed by atoms with Crippen LogP contribution in [0.25, 0.3) is 16.5 Å². The number of hydrogen-bond donors (Lipinski definition) is 1. The Bertz CT molecular complexity index is 1250. The number of benzene rings is 2. The average molecular weight is 462 g/mol. The van der Waals surface area contributed by atoms with Crippen LogP contribution >= 0.6 is 0 Å². The Hall–Kier alpha value is -3.52. The van der Waals surface area contributed by atoms with E-state index in [1.807, 2.05) is 45.0 Å². The van der Waals surface area contributed by atoms with E-state index in [1.54, 1.807) is 35.2 Å². The minimum atomic E-state index is -0.278. The van der Waals surface area contributed by atoms with Crippen LogP contribution in [-0.2, 0) is 4.79 Å². The number of amides is 2. The summed E-state index contributed by atoms with van der Waals surface area (Å²) >= 11 is 0. The molecule has 0 unspecified atom stereocenters. The highest BCUT2D eigenvalue weighted by Gasteiger charge is 2.26. The summed E-state index contributed by atoms with van der Waals surface area (Å²) in [4.78, 5) is 42.9. The summed E-state index contributed by atoms with van der Waals surface area (Å²) < 4.78 is 1.30. The maximum Gasteiger partial charge on any atom is 0.279 e. The van der Waals surface area contributed by atoms with Gasteiger partial charge in [0.1, 0.15) is 0 Å². The van der Waals surface area contributed by atoms with Crippen LogP contribution in [-0.4, -0.2) is 69.7 Å². The highest BCUT2D eigenvalue weighted by Crippen LogP contribution is 2.18. The molecule has 1 aromatic heterocycles. The van der Waals surface area contributed by atoms with Crippen LogP contribution in [0.2, 0.25) is 0 Å². The van der Waals surface area contributed by atoms with Crippen molar-refractivity contribution in [3.05, 3.63) is 70.6 Å². The monoisotopic (exact) mass is 461 g/mol. The van der Waals surface area contributed by atoms with Crippen molar-refractivity contribution in [2.75, 3.05) is 32.7 Å². The number of nitrogens with one attached hydrogen (secondary N) is 1.